The normalized spacial score (nSPS) is 22.5. The molecule has 0 bridgehead atoms. The van der Waals surface area contributed by atoms with Crippen molar-refractivity contribution in [3.63, 3.8) is 0 Å². The molecule has 1 aromatic rings. The third-order valence-corrected chi connectivity index (χ3v) is 4.44. The van der Waals surface area contributed by atoms with Gasteiger partial charge in [0, 0.05) is 18.7 Å². The molecule has 1 fully saturated rings. The van der Waals surface area contributed by atoms with Gasteiger partial charge in [0.15, 0.2) is 0 Å². The molecule has 2 rings (SSSR count). The Balaban J connectivity index is 2.14. The third-order valence-electron chi connectivity index (χ3n) is 3.83. The molecule has 0 spiro atoms. The Morgan fingerprint density at radius 1 is 1.53 bits per heavy atom. The summed E-state index contributed by atoms with van der Waals surface area (Å²) in [6.07, 6.45) is 3.52. The van der Waals surface area contributed by atoms with Crippen LogP contribution < -0.4 is 5.32 Å². The largest absolute Gasteiger partial charge is 0.379 e. The van der Waals surface area contributed by atoms with E-state index in [1.807, 2.05) is 0 Å². The van der Waals surface area contributed by atoms with Crippen LogP contribution in [-0.4, -0.2) is 11.5 Å². The number of rotatable bonds is 4. The summed E-state index contributed by atoms with van der Waals surface area (Å²) in [5.41, 5.74) is 0.156. The second kappa shape index (κ2) is 5.86. The van der Waals surface area contributed by atoms with Crippen LogP contribution in [0, 0.1) is 27.8 Å². The number of nitrogens with one attached hydrogen (secondary N) is 1. The van der Waals surface area contributed by atoms with E-state index < -0.39 is 10.7 Å². The lowest BCUT2D eigenvalue weighted by atomic mass is 9.98. The van der Waals surface area contributed by atoms with E-state index in [2.05, 4.69) is 28.2 Å². The summed E-state index contributed by atoms with van der Waals surface area (Å²) in [5, 5.41) is 14.0. The van der Waals surface area contributed by atoms with Gasteiger partial charge in [-0.3, -0.25) is 10.1 Å². The van der Waals surface area contributed by atoms with E-state index in [1.165, 1.54) is 25.0 Å². The van der Waals surface area contributed by atoms with Crippen molar-refractivity contribution >= 4 is 27.3 Å². The van der Waals surface area contributed by atoms with Gasteiger partial charge in [-0.25, -0.2) is 4.39 Å². The quantitative estimate of drug-likeness (QED) is 0.659. The predicted octanol–water partition coefficient (Wildman–Crippen LogP) is 4.34. The minimum Gasteiger partial charge on any atom is -0.379 e. The molecule has 1 aliphatic carbocycles. The summed E-state index contributed by atoms with van der Waals surface area (Å²) in [7, 11) is 0. The van der Waals surface area contributed by atoms with Gasteiger partial charge in [-0.15, -0.1) is 0 Å². The van der Waals surface area contributed by atoms with Gasteiger partial charge in [0.25, 0.3) is 5.69 Å². The molecule has 2 atom stereocenters. The molecule has 1 saturated carbocycles. The first kappa shape index (κ1) is 14.2. The van der Waals surface area contributed by atoms with Crippen molar-refractivity contribution in [3.05, 3.63) is 32.5 Å². The zero-order chi connectivity index (χ0) is 14.0. The third kappa shape index (κ3) is 3.23. The topological polar surface area (TPSA) is 55.2 Å². The molecule has 0 aromatic heterocycles. The van der Waals surface area contributed by atoms with Crippen molar-refractivity contribution < 1.29 is 9.31 Å². The molecule has 0 amide bonds. The van der Waals surface area contributed by atoms with Crippen molar-refractivity contribution in [3.8, 4) is 0 Å². The minimum absolute atomic E-state index is 0.0982. The van der Waals surface area contributed by atoms with Crippen LogP contribution in [-0.2, 0) is 0 Å². The molecule has 104 valence electrons. The van der Waals surface area contributed by atoms with Gasteiger partial charge in [-0.2, -0.15) is 0 Å². The maximum absolute atomic E-state index is 13.5. The molecular formula is C13H16BrFN2O2. The summed E-state index contributed by atoms with van der Waals surface area (Å²) in [6.45, 7) is 2.85. The maximum atomic E-state index is 13.5. The van der Waals surface area contributed by atoms with E-state index in [1.54, 1.807) is 0 Å². The lowest BCUT2D eigenvalue weighted by Gasteiger charge is -2.17. The standard InChI is InChI=1S/C13H16BrFN2O2/c1-8-3-2-4-9(8)7-16-12-6-11(15)10(14)5-13(12)17(18)19/h5-6,8-9,16H,2-4,7H2,1H3. The first-order valence-electron chi connectivity index (χ1n) is 6.36. The lowest BCUT2D eigenvalue weighted by Crippen LogP contribution is -2.17. The molecule has 1 aromatic carbocycles. The Kier molecular flexibility index (Phi) is 4.39. The number of nitro benzene ring substituents is 1. The zero-order valence-corrected chi connectivity index (χ0v) is 12.2. The number of halogens is 2. The number of benzene rings is 1. The van der Waals surface area contributed by atoms with E-state index in [0.717, 1.165) is 6.42 Å². The van der Waals surface area contributed by atoms with E-state index in [9.17, 15) is 14.5 Å². The number of hydrogen-bond donors (Lipinski definition) is 1. The highest BCUT2D eigenvalue weighted by molar-refractivity contribution is 9.10. The van der Waals surface area contributed by atoms with Crippen LogP contribution in [0.3, 0.4) is 0 Å². The van der Waals surface area contributed by atoms with Crippen LogP contribution >= 0.6 is 15.9 Å². The van der Waals surface area contributed by atoms with Crippen molar-refractivity contribution in [2.45, 2.75) is 26.2 Å². The van der Waals surface area contributed by atoms with Crippen LogP contribution in [0.25, 0.3) is 0 Å². The highest BCUT2D eigenvalue weighted by Gasteiger charge is 2.24. The van der Waals surface area contributed by atoms with E-state index >= 15 is 0 Å². The van der Waals surface area contributed by atoms with E-state index in [4.69, 9.17) is 0 Å². The summed E-state index contributed by atoms with van der Waals surface area (Å²) in [4.78, 5) is 10.5. The Morgan fingerprint density at radius 2 is 2.26 bits per heavy atom. The van der Waals surface area contributed by atoms with Crippen molar-refractivity contribution in [1.82, 2.24) is 0 Å². The zero-order valence-electron chi connectivity index (χ0n) is 10.7. The smallest absolute Gasteiger partial charge is 0.293 e. The Hall–Kier alpha value is -1.17. The van der Waals surface area contributed by atoms with Gasteiger partial charge < -0.3 is 5.32 Å². The number of hydrogen-bond acceptors (Lipinski definition) is 3. The fourth-order valence-corrected chi connectivity index (χ4v) is 2.93. The number of nitro groups is 1. The average molecular weight is 331 g/mol. The average Bonchev–Trinajstić information content (AvgIpc) is 2.75. The van der Waals surface area contributed by atoms with Gasteiger partial charge in [-0.05, 0) is 34.2 Å². The summed E-state index contributed by atoms with van der Waals surface area (Å²) < 4.78 is 13.6. The molecule has 6 heteroatoms. The van der Waals surface area contributed by atoms with Gasteiger partial charge in [-0.1, -0.05) is 19.8 Å². The monoisotopic (exact) mass is 330 g/mol. The first-order valence-corrected chi connectivity index (χ1v) is 7.15. The summed E-state index contributed by atoms with van der Waals surface area (Å²) >= 11 is 2.97. The molecular weight excluding hydrogens is 315 g/mol. The van der Waals surface area contributed by atoms with Gasteiger partial charge in [0.2, 0.25) is 0 Å². The van der Waals surface area contributed by atoms with Crippen LogP contribution in [0.15, 0.2) is 16.6 Å². The molecule has 2 unspecified atom stereocenters. The predicted molar refractivity (Wildman–Crippen MR) is 75.7 cm³/mol. The number of nitrogens with zero attached hydrogens (tertiary/aromatic N) is 1. The van der Waals surface area contributed by atoms with E-state index in [0.29, 0.717) is 18.4 Å². The molecule has 0 aliphatic heterocycles. The second-order valence-electron chi connectivity index (χ2n) is 5.09. The summed E-state index contributed by atoms with van der Waals surface area (Å²) in [6, 6.07) is 2.39. The SMILES string of the molecule is CC1CCCC1CNc1cc(F)c(Br)cc1[N+](=O)[O-]. The fraction of sp³-hybridized carbons (Fsp3) is 0.538. The first-order chi connectivity index (χ1) is 8.99. The van der Waals surface area contributed by atoms with Gasteiger partial charge in [0.05, 0.1) is 9.40 Å². The van der Waals surface area contributed by atoms with Gasteiger partial charge in [0.1, 0.15) is 11.5 Å². The highest BCUT2D eigenvalue weighted by atomic mass is 79.9. The molecule has 0 radical (unpaired) electrons. The molecule has 0 heterocycles. The Morgan fingerprint density at radius 3 is 2.84 bits per heavy atom. The highest BCUT2D eigenvalue weighted by Crippen LogP contribution is 2.34. The van der Waals surface area contributed by atoms with Crippen molar-refractivity contribution in [2.75, 3.05) is 11.9 Å². The van der Waals surface area contributed by atoms with Crippen LogP contribution in [0.5, 0.6) is 0 Å². The second-order valence-corrected chi connectivity index (χ2v) is 5.94. The fourth-order valence-electron chi connectivity index (χ4n) is 2.60. The van der Waals surface area contributed by atoms with Crippen molar-refractivity contribution in [2.24, 2.45) is 11.8 Å². The Labute approximate surface area is 119 Å². The molecule has 0 saturated heterocycles. The van der Waals surface area contributed by atoms with Gasteiger partial charge >= 0.3 is 0 Å². The Bertz CT molecular complexity index is 496. The maximum Gasteiger partial charge on any atom is 0.293 e. The number of anilines is 1. The summed E-state index contributed by atoms with van der Waals surface area (Å²) in [5.74, 6) is 0.630. The molecule has 19 heavy (non-hydrogen) atoms. The molecule has 4 nitrogen and oxygen atoms in total. The van der Waals surface area contributed by atoms with E-state index in [-0.39, 0.29) is 15.8 Å². The molecule has 1 N–H and O–H groups in total. The van der Waals surface area contributed by atoms with Crippen molar-refractivity contribution in [1.29, 1.82) is 0 Å². The lowest BCUT2D eigenvalue weighted by molar-refractivity contribution is -0.384. The van der Waals surface area contributed by atoms with Crippen LogP contribution in [0.4, 0.5) is 15.8 Å². The van der Waals surface area contributed by atoms with Crippen LogP contribution in [0.1, 0.15) is 26.2 Å². The molecule has 1 aliphatic rings. The minimum atomic E-state index is -0.495. The van der Waals surface area contributed by atoms with Crippen LogP contribution in [0.2, 0.25) is 0 Å².